The summed E-state index contributed by atoms with van der Waals surface area (Å²) in [6.07, 6.45) is 25.2. The molecule has 0 heterocycles. The maximum absolute atomic E-state index is 14.4. The smallest absolute Gasteiger partial charge is 0.325 e. The second-order valence-corrected chi connectivity index (χ2v) is 21.8. The van der Waals surface area contributed by atoms with Crippen LogP contribution in [-0.2, 0) is 23.9 Å². The second-order valence-electron chi connectivity index (χ2n) is 21.8. The molecule has 0 saturated heterocycles. The number of nitrogens with one attached hydrogen (secondary N) is 2. The van der Waals surface area contributed by atoms with Crippen molar-refractivity contribution in [1.82, 2.24) is 10.6 Å². The predicted octanol–water partition coefficient (Wildman–Crippen LogP) is 11.1. The molecule has 8 nitrogen and oxygen atoms in total. The Morgan fingerprint density at radius 3 is 2.11 bits per heavy atom. The quantitative estimate of drug-likeness (QED) is 0.0721. The lowest BCUT2D eigenvalue weighted by Crippen LogP contribution is -2.65. The summed E-state index contributed by atoms with van der Waals surface area (Å²) in [6, 6.07) is -0.929. The van der Waals surface area contributed by atoms with Gasteiger partial charge in [-0.05, 0) is 123 Å². The van der Waals surface area contributed by atoms with Crippen molar-refractivity contribution >= 4 is 23.8 Å². The number of fused-ring (bicyclic) bond motifs is 7. The fourth-order valence-corrected chi connectivity index (χ4v) is 13.6. The normalized spacial score (nSPS) is 35.6. The largest absolute Gasteiger partial charge is 0.480 e. The molecule has 5 aliphatic carbocycles. The van der Waals surface area contributed by atoms with Crippen molar-refractivity contribution in [2.45, 2.75) is 216 Å². The van der Waals surface area contributed by atoms with E-state index in [4.69, 9.17) is 9.84 Å². The molecule has 8 heteroatoms. The molecule has 324 valence electrons. The van der Waals surface area contributed by atoms with Gasteiger partial charge in [0.25, 0.3) is 0 Å². The van der Waals surface area contributed by atoms with Gasteiger partial charge in [0.05, 0.1) is 5.41 Å². The number of carboxylic acids is 1. The Hall–Kier alpha value is -2.38. The fraction of sp³-hybridized carbons (Fsp3) is 0.878. The predicted molar refractivity (Wildman–Crippen MR) is 228 cm³/mol. The molecule has 4 fully saturated rings. The lowest BCUT2D eigenvalue weighted by atomic mass is 9.33. The first-order valence-electron chi connectivity index (χ1n) is 23.5. The zero-order valence-electron chi connectivity index (χ0n) is 37.7. The molecule has 5 aliphatic rings. The van der Waals surface area contributed by atoms with Gasteiger partial charge in [-0.2, -0.15) is 0 Å². The zero-order valence-corrected chi connectivity index (χ0v) is 37.7. The van der Waals surface area contributed by atoms with Crippen LogP contribution in [0.5, 0.6) is 0 Å². The van der Waals surface area contributed by atoms with E-state index in [1.54, 1.807) is 0 Å². The molecular formula is C49H82N2O6. The van der Waals surface area contributed by atoms with Crippen LogP contribution in [0.25, 0.3) is 0 Å². The van der Waals surface area contributed by atoms with Crippen molar-refractivity contribution in [2.24, 2.45) is 50.2 Å². The summed E-state index contributed by atoms with van der Waals surface area (Å²) in [5.74, 6) is -0.0104. The van der Waals surface area contributed by atoms with E-state index >= 15 is 0 Å². The van der Waals surface area contributed by atoms with Gasteiger partial charge in [-0.1, -0.05) is 118 Å². The van der Waals surface area contributed by atoms with Crippen LogP contribution in [0.1, 0.15) is 204 Å². The zero-order chi connectivity index (χ0) is 41.9. The third-order valence-corrected chi connectivity index (χ3v) is 17.4. The minimum Gasteiger partial charge on any atom is -0.480 e. The maximum atomic E-state index is 14.4. The lowest BCUT2D eigenvalue weighted by molar-refractivity contribution is -0.213. The molecule has 4 saturated carbocycles. The third kappa shape index (κ3) is 9.20. The van der Waals surface area contributed by atoms with E-state index in [-0.39, 0.29) is 63.3 Å². The number of carbonyl (C=O) groups excluding carboxylic acids is 3. The first-order valence-corrected chi connectivity index (χ1v) is 23.5. The van der Waals surface area contributed by atoms with Gasteiger partial charge >= 0.3 is 11.9 Å². The molecule has 3 N–H and O–H groups in total. The minimum absolute atomic E-state index is 0.000902. The summed E-state index contributed by atoms with van der Waals surface area (Å²) in [6.45, 7) is 21.4. The van der Waals surface area contributed by atoms with Gasteiger partial charge in [-0.15, -0.1) is 0 Å². The van der Waals surface area contributed by atoms with Crippen molar-refractivity contribution in [1.29, 1.82) is 0 Å². The number of carbonyl (C=O) groups is 4. The average molecular weight is 795 g/mol. The van der Waals surface area contributed by atoms with Crippen molar-refractivity contribution in [3.05, 3.63) is 11.6 Å². The summed E-state index contributed by atoms with van der Waals surface area (Å²) >= 11 is 0. The van der Waals surface area contributed by atoms with E-state index in [1.807, 2.05) is 0 Å². The molecule has 0 aromatic carbocycles. The molecule has 0 aliphatic heterocycles. The Balaban J connectivity index is 1.25. The Kier molecular flexibility index (Phi) is 14.5. The van der Waals surface area contributed by atoms with Gasteiger partial charge in [0.15, 0.2) is 0 Å². The van der Waals surface area contributed by atoms with Crippen molar-refractivity contribution in [2.75, 3.05) is 6.54 Å². The molecule has 0 aromatic heterocycles. The van der Waals surface area contributed by atoms with Gasteiger partial charge in [0.2, 0.25) is 11.8 Å². The molecule has 0 unspecified atom stereocenters. The highest BCUT2D eigenvalue weighted by Crippen LogP contribution is 2.76. The maximum Gasteiger partial charge on any atom is 0.325 e. The summed E-state index contributed by atoms with van der Waals surface area (Å²) < 4.78 is 6.39. The molecule has 2 amide bonds. The Morgan fingerprint density at radius 2 is 1.44 bits per heavy atom. The first-order chi connectivity index (χ1) is 26.8. The van der Waals surface area contributed by atoms with Gasteiger partial charge < -0.3 is 20.5 Å². The van der Waals surface area contributed by atoms with Crippen molar-refractivity contribution in [3.8, 4) is 0 Å². The third-order valence-electron chi connectivity index (χ3n) is 17.4. The number of unbranched alkanes of at least 4 members (excludes halogenated alkanes) is 8. The average Bonchev–Trinajstić information content (AvgIpc) is 3.13. The Bertz CT molecular complexity index is 1490. The monoisotopic (exact) mass is 795 g/mol. The molecule has 0 spiro atoms. The van der Waals surface area contributed by atoms with Crippen LogP contribution in [0.3, 0.4) is 0 Å². The number of esters is 1. The summed E-state index contributed by atoms with van der Waals surface area (Å²) in [5.41, 5.74) is 1.43. The highest BCUT2D eigenvalue weighted by Gasteiger charge is 2.69. The topological polar surface area (TPSA) is 122 Å². The Morgan fingerprint density at radius 1 is 0.789 bits per heavy atom. The molecule has 57 heavy (non-hydrogen) atoms. The molecule has 9 atom stereocenters. The molecule has 5 rings (SSSR count). The number of allylic oxidation sites excluding steroid dienone is 2. The fourth-order valence-electron chi connectivity index (χ4n) is 13.6. The lowest BCUT2D eigenvalue weighted by Gasteiger charge is -2.71. The standard InChI is InChI=1S/C49H82N2O6/c1-10-11-12-13-14-15-16-17-18-21-41(53)57-39-25-26-46(7)37(45(39,5)6)24-27-48(9)38(46)23-22-35-36-33-44(3,4)28-30-49(36,31-29-47(35,48)8)43(56)50-32-19-20-40(52)51-34(2)42(54)55/h22,34,36-39H,10-21,23-33H2,1-9H3,(H,50,56)(H,51,52)(H,54,55)/t34-,36-,37-,38+,39-,46-,47+,48+,49-/m0/s1. The van der Waals surface area contributed by atoms with Crippen LogP contribution < -0.4 is 10.6 Å². The second kappa shape index (κ2) is 18.1. The molecule has 0 aromatic rings. The van der Waals surface area contributed by atoms with Crippen LogP contribution in [0, 0.1) is 50.2 Å². The number of hydrogen-bond acceptors (Lipinski definition) is 5. The minimum atomic E-state index is -1.06. The van der Waals surface area contributed by atoms with Gasteiger partial charge in [0.1, 0.15) is 12.1 Å². The van der Waals surface area contributed by atoms with Gasteiger partial charge in [-0.25, -0.2) is 0 Å². The van der Waals surface area contributed by atoms with E-state index in [0.717, 1.165) is 77.0 Å². The SMILES string of the molecule is CCCCCCCCCCCC(=O)O[C@H]1CC[C@]2(C)[C@H]3CC=C4[C@@H]5CC(C)(C)CC[C@]5(C(=O)NCCCC(=O)N[C@@H](C)C(=O)O)CC[C@@]4(C)[C@]3(C)CC[C@H]2C1(C)C. The summed E-state index contributed by atoms with van der Waals surface area (Å²) in [5, 5.41) is 14.9. The van der Waals surface area contributed by atoms with E-state index in [0.29, 0.717) is 31.2 Å². The number of aliphatic carboxylic acids is 1. The first kappa shape index (κ1) is 45.7. The van der Waals surface area contributed by atoms with E-state index in [2.05, 4.69) is 72.1 Å². The van der Waals surface area contributed by atoms with Gasteiger partial charge in [0, 0.05) is 24.8 Å². The van der Waals surface area contributed by atoms with Crippen LogP contribution in [0.15, 0.2) is 11.6 Å². The van der Waals surface area contributed by atoms with Gasteiger partial charge in [-0.3, -0.25) is 19.2 Å². The Labute approximate surface area is 346 Å². The number of hydrogen-bond donors (Lipinski definition) is 3. The molecule has 0 radical (unpaired) electrons. The number of rotatable bonds is 18. The van der Waals surface area contributed by atoms with Crippen LogP contribution in [0.2, 0.25) is 0 Å². The highest BCUT2D eigenvalue weighted by molar-refractivity contribution is 5.85. The number of amides is 2. The van der Waals surface area contributed by atoms with E-state index < -0.39 is 17.4 Å². The molecular weight excluding hydrogens is 713 g/mol. The summed E-state index contributed by atoms with van der Waals surface area (Å²) in [4.78, 5) is 51.1. The summed E-state index contributed by atoms with van der Waals surface area (Å²) in [7, 11) is 0. The number of ether oxygens (including phenoxy) is 1. The van der Waals surface area contributed by atoms with Crippen molar-refractivity contribution in [3.63, 3.8) is 0 Å². The van der Waals surface area contributed by atoms with E-state index in [1.165, 1.54) is 57.4 Å². The van der Waals surface area contributed by atoms with Crippen molar-refractivity contribution < 1.29 is 29.0 Å². The van der Waals surface area contributed by atoms with Crippen LogP contribution in [0.4, 0.5) is 0 Å². The van der Waals surface area contributed by atoms with Crippen LogP contribution in [-0.4, -0.2) is 47.6 Å². The molecule has 0 bridgehead atoms. The number of carboxylic acid groups (broad SMARTS) is 1. The highest BCUT2D eigenvalue weighted by atomic mass is 16.5. The van der Waals surface area contributed by atoms with Crippen LogP contribution >= 0.6 is 0 Å². The van der Waals surface area contributed by atoms with E-state index in [9.17, 15) is 19.2 Å².